The van der Waals surface area contributed by atoms with Crippen molar-refractivity contribution < 1.29 is 9.53 Å². The topological polar surface area (TPSA) is 68.2 Å². The van der Waals surface area contributed by atoms with E-state index in [0.29, 0.717) is 19.6 Å². The maximum Gasteiger partial charge on any atom is 0.221 e. The predicted molar refractivity (Wildman–Crippen MR) is 73.7 cm³/mol. The summed E-state index contributed by atoms with van der Waals surface area (Å²) in [6, 6.07) is 0. The number of imidazole rings is 1. The number of ether oxygens (including phenoxy) is 1. The van der Waals surface area contributed by atoms with E-state index in [1.807, 2.05) is 17.7 Å². The molecule has 0 aliphatic carbocycles. The van der Waals surface area contributed by atoms with Crippen molar-refractivity contribution in [2.24, 2.45) is 0 Å². The van der Waals surface area contributed by atoms with Gasteiger partial charge in [-0.1, -0.05) is 6.92 Å². The van der Waals surface area contributed by atoms with Crippen molar-refractivity contribution in [1.82, 2.24) is 20.2 Å². The molecule has 0 saturated heterocycles. The van der Waals surface area contributed by atoms with Gasteiger partial charge in [0.15, 0.2) is 0 Å². The first-order chi connectivity index (χ1) is 9.27. The maximum atomic E-state index is 11.5. The molecule has 0 atom stereocenters. The zero-order valence-electron chi connectivity index (χ0n) is 11.8. The molecule has 108 valence electrons. The summed E-state index contributed by atoms with van der Waals surface area (Å²) < 4.78 is 6.98. The van der Waals surface area contributed by atoms with Crippen molar-refractivity contribution in [3.8, 4) is 0 Å². The Morgan fingerprint density at radius 1 is 1.47 bits per heavy atom. The number of carbonyl (C=O) groups excluding carboxylic acids is 1. The van der Waals surface area contributed by atoms with Crippen LogP contribution in [0.4, 0.5) is 0 Å². The number of rotatable bonds is 10. The summed E-state index contributed by atoms with van der Waals surface area (Å²) >= 11 is 0. The van der Waals surface area contributed by atoms with E-state index in [9.17, 15) is 4.79 Å². The Balaban J connectivity index is 2.29. The molecular formula is C13H24N4O2. The lowest BCUT2D eigenvalue weighted by atomic mass is 10.3. The van der Waals surface area contributed by atoms with Gasteiger partial charge in [-0.3, -0.25) is 4.79 Å². The van der Waals surface area contributed by atoms with Gasteiger partial charge in [0.25, 0.3) is 0 Å². The normalized spacial score (nSPS) is 10.6. The third-order valence-corrected chi connectivity index (χ3v) is 2.74. The van der Waals surface area contributed by atoms with Crippen LogP contribution in [0.15, 0.2) is 12.5 Å². The average molecular weight is 268 g/mol. The number of hydrogen-bond acceptors (Lipinski definition) is 4. The summed E-state index contributed by atoms with van der Waals surface area (Å²) in [7, 11) is 1.68. The van der Waals surface area contributed by atoms with Gasteiger partial charge in [-0.15, -0.1) is 0 Å². The van der Waals surface area contributed by atoms with Crippen LogP contribution in [0.3, 0.4) is 0 Å². The first kappa shape index (κ1) is 15.7. The molecule has 0 aromatic carbocycles. The molecule has 6 heteroatoms. The van der Waals surface area contributed by atoms with E-state index < -0.39 is 0 Å². The first-order valence-electron chi connectivity index (χ1n) is 6.73. The summed E-state index contributed by atoms with van der Waals surface area (Å²) in [4.78, 5) is 15.7. The molecule has 1 aromatic heterocycles. The molecule has 1 heterocycles. The van der Waals surface area contributed by atoms with E-state index in [1.54, 1.807) is 13.4 Å². The van der Waals surface area contributed by atoms with Crippen molar-refractivity contribution in [2.75, 3.05) is 26.8 Å². The summed E-state index contributed by atoms with van der Waals surface area (Å²) in [6.07, 6.45) is 5.04. The van der Waals surface area contributed by atoms with Crippen LogP contribution in [0, 0.1) is 0 Å². The summed E-state index contributed by atoms with van der Waals surface area (Å²) in [5, 5.41) is 6.13. The molecule has 6 nitrogen and oxygen atoms in total. The number of methoxy groups -OCH3 is 1. The molecule has 0 saturated carbocycles. The zero-order chi connectivity index (χ0) is 13.9. The van der Waals surface area contributed by atoms with E-state index in [2.05, 4.69) is 15.6 Å². The SMILES string of the molecule is CCCNC(=O)CCn1cncc1CNCCOC. The van der Waals surface area contributed by atoms with Gasteiger partial charge in [-0.05, 0) is 6.42 Å². The Hall–Kier alpha value is -1.40. The fourth-order valence-electron chi connectivity index (χ4n) is 1.66. The van der Waals surface area contributed by atoms with Gasteiger partial charge in [0.05, 0.1) is 18.6 Å². The maximum absolute atomic E-state index is 11.5. The van der Waals surface area contributed by atoms with Crippen LogP contribution in [-0.2, 0) is 22.6 Å². The quantitative estimate of drug-likeness (QED) is 0.608. The summed E-state index contributed by atoms with van der Waals surface area (Å²) in [6.45, 7) is 5.68. The minimum atomic E-state index is 0.0915. The van der Waals surface area contributed by atoms with Gasteiger partial charge in [0.1, 0.15) is 0 Å². The predicted octanol–water partition coefficient (Wildman–Crippen LogP) is 0.535. The van der Waals surface area contributed by atoms with Gasteiger partial charge >= 0.3 is 0 Å². The molecule has 0 aliphatic heterocycles. The number of amides is 1. The second-order valence-corrected chi connectivity index (χ2v) is 4.35. The highest BCUT2D eigenvalue weighted by molar-refractivity contribution is 5.75. The highest BCUT2D eigenvalue weighted by atomic mass is 16.5. The lowest BCUT2D eigenvalue weighted by Crippen LogP contribution is -2.25. The van der Waals surface area contributed by atoms with Crippen LogP contribution in [-0.4, -0.2) is 42.3 Å². The van der Waals surface area contributed by atoms with Crippen molar-refractivity contribution >= 4 is 5.91 Å². The minimum Gasteiger partial charge on any atom is -0.383 e. The zero-order valence-corrected chi connectivity index (χ0v) is 11.8. The molecule has 0 spiro atoms. The average Bonchev–Trinajstić information content (AvgIpc) is 2.86. The van der Waals surface area contributed by atoms with Crippen molar-refractivity contribution in [3.63, 3.8) is 0 Å². The lowest BCUT2D eigenvalue weighted by Gasteiger charge is -2.09. The smallest absolute Gasteiger partial charge is 0.221 e. The molecule has 1 amide bonds. The molecule has 0 unspecified atom stereocenters. The second kappa shape index (κ2) is 9.52. The Morgan fingerprint density at radius 3 is 3.05 bits per heavy atom. The Bertz CT molecular complexity index is 365. The molecule has 1 aromatic rings. The Labute approximate surface area is 114 Å². The highest BCUT2D eigenvalue weighted by Gasteiger charge is 2.04. The van der Waals surface area contributed by atoms with Crippen molar-refractivity contribution in [1.29, 1.82) is 0 Å². The Morgan fingerprint density at radius 2 is 2.32 bits per heavy atom. The van der Waals surface area contributed by atoms with Gasteiger partial charge < -0.3 is 19.9 Å². The standard InChI is InChI=1S/C13H24N4O2/c1-3-5-16-13(18)4-7-17-11-15-10-12(17)9-14-6-8-19-2/h10-11,14H,3-9H2,1-2H3,(H,16,18). The molecule has 0 fully saturated rings. The number of hydrogen-bond donors (Lipinski definition) is 2. The van der Waals surface area contributed by atoms with Crippen LogP contribution in [0.25, 0.3) is 0 Å². The molecule has 2 N–H and O–H groups in total. The molecule has 0 bridgehead atoms. The third-order valence-electron chi connectivity index (χ3n) is 2.74. The lowest BCUT2D eigenvalue weighted by molar-refractivity contribution is -0.121. The number of aromatic nitrogens is 2. The van der Waals surface area contributed by atoms with E-state index in [0.717, 1.165) is 31.7 Å². The van der Waals surface area contributed by atoms with Crippen LogP contribution in [0.2, 0.25) is 0 Å². The minimum absolute atomic E-state index is 0.0915. The second-order valence-electron chi connectivity index (χ2n) is 4.35. The van der Waals surface area contributed by atoms with Gasteiger partial charge in [-0.25, -0.2) is 4.98 Å². The van der Waals surface area contributed by atoms with Gasteiger partial charge in [0, 0.05) is 45.9 Å². The summed E-state index contributed by atoms with van der Waals surface area (Å²) in [5.41, 5.74) is 1.08. The molecule has 1 rings (SSSR count). The van der Waals surface area contributed by atoms with E-state index in [1.165, 1.54) is 0 Å². The molecule has 0 aliphatic rings. The molecule has 0 radical (unpaired) electrons. The Kier molecular flexibility index (Phi) is 7.84. The number of aryl methyl sites for hydroxylation is 1. The highest BCUT2D eigenvalue weighted by Crippen LogP contribution is 2.00. The van der Waals surface area contributed by atoms with Crippen molar-refractivity contribution in [2.45, 2.75) is 32.9 Å². The fourth-order valence-corrected chi connectivity index (χ4v) is 1.66. The van der Waals surface area contributed by atoms with E-state index in [-0.39, 0.29) is 5.91 Å². The first-order valence-corrected chi connectivity index (χ1v) is 6.73. The van der Waals surface area contributed by atoms with Crippen LogP contribution < -0.4 is 10.6 Å². The number of nitrogens with zero attached hydrogens (tertiary/aromatic N) is 2. The van der Waals surface area contributed by atoms with Crippen LogP contribution >= 0.6 is 0 Å². The fraction of sp³-hybridized carbons (Fsp3) is 0.692. The van der Waals surface area contributed by atoms with Crippen molar-refractivity contribution in [3.05, 3.63) is 18.2 Å². The largest absolute Gasteiger partial charge is 0.383 e. The molecule has 19 heavy (non-hydrogen) atoms. The monoisotopic (exact) mass is 268 g/mol. The third kappa shape index (κ3) is 6.35. The number of nitrogens with one attached hydrogen (secondary N) is 2. The van der Waals surface area contributed by atoms with Gasteiger partial charge in [-0.2, -0.15) is 0 Å². The van der Waals surface area contributed by atoms with Crippen LogP contribution in [0.1, 0.15) is 25.5 Å². The molecular weight excluding hydrogens is 244 g/mol. The summed E-state index contributed by atoms with van der Waals surface area (Å²) in [5.74, 6) is 0.0915. The van der Waals surface area contributed by atoms with Crippen LogP contribution in [0.5, 0.6) is 0 Å². The number of carbonyl (C=O) groups is 1. The van der Waals surface area contributed by atoms with E-state index >= 15 is 0 Å². The van der Waals surface area contributed by atoms with Gasteiger partial charge in [0.2, 0.25) is 5.91 Å². The van der Waals surface area contributed by atoms with E-state index in [4.69, 9.17) is 4.74 Å².